The van der Waals surface area contributed by atoms with E-state index in [0.717, 1.165) is 33.6 Å². The summed E-state index contributed by atoms with van der Waals surface area (Å²) in [5, 5.41) is 16.3. The van der Waals surface area contributed by atoms with E-state index in [1.807, 2.05) is 80.6 Å². The zero-order chi connectivity index (χ0) is 31.5. The number of aliphatic carboxylic acids is 1. The highest BCUT2D eigenvalue weighted by molar-refractivity contribution is 5.95. The van der Waals surface area contributed by atoms with Gasteiger partial charge in [-0.1, -0.05) is 54.6 Å². The molecule has 1 saturated heterocycles. The van der Waals surface area contributed by atoms with Crippen LogP contribution in [0.1, 0.15) is 38.5 Å². The first-order valence-electron chi connectivity index (χ1n) is 14.9. The maximum atomic E-state index is 13.0. The van der Waals surface area contributed by atoms with Gasteiger partial charge >= 0.3 is 5.97 Å². The maximum Gasteiger partial charge on any atom is 0.308 e. The number of para-hydroxylation sites is 1. The monoisotopic (exact) mass is 602 g/mol. The number of ketones is 1. The van der Waals surface area contributed by atoms with Gasteiger partial charge in [0, 0.05) is 42.4 Å². The number of carbonyl (C=O) groups excluding carboxylic acids is 2. The van der Waals surface area contributed by atoms with E-state index in [9.17, 15) is 19.5 Å². The van der Waals surface area contributed by atoms with Gasteiger partial charge in [0.2, 0.25) is 0 Å². The van der Waals surface area contributed by atoms with Crippen LogP contribution in [0.4, 0.5) is 17.4 Å². The second-order valence-electron chi connectivity index (χ2n) is 11.5. The number of oxazole rings is 1. The fraction of sp³-hybridized carbons (Fsp3) is 0.222. The zero-order valence-corrected chi connectivity index (χ0v) is 25.1. The molecule has 1 aromatic heterocycles. The third-order valence-corrected chi connectivity index (χ3v) is 8.34. The van der Waals surface area contributed by atoms with Gasteiger partial charge in [-0.25, -0.2) is 0 Å². The Morgan fingerprint density at radius 1 is 0.911 bits per heavy atom. The number of aryl methyl sites for hydroxylation is 2. The number of carbonyl (C=O) groups is 3. The minimum Gasteiger partial charge on any atom is -0.481 e. The number of hydrogen-bond donors (Lipinski definition) is 3. The number of amides is 1. The minimum absolute atomic E-state index is 0.00336. The lowest BCUT2D eigenvalue weighted by Gasteiger charge is -2.17. The van der Waals surface area contributed by atoms with Crippen molar-refractivity contribution in [3.05, 3.63) is 119 Å². The van der Waals surface area contributed by atoms with E-state index < -0.39 is 11.9 Å². The maximum absolute atomic E-state index is 13.0. The molecular weight excluding hydrogens is 568 g/mol. The Labute approximate surface area is 260 Å². The van der Waals surface area contributed by atoms with Crippen molar-refractivity contribution in [1.82, 2.24) is 9.88 Å². The topological polar surface area (TPSA) is 125 Å². The first-order chi connectivity index (χ1) is 21.7. The zero-order valence-electron chi connectivity index (χ0n) is 25.1. The first-order valence-corrected chi connectivity index (χ1v) is 14.9. The van der Waals surface area contributed by atoms with E-state index in [2.05, 4.69) is 15.6 Å². The number of hydrogen-bond acceptors (Lipinski definition) is 7. The van der Waals surface area contributed by atoms with E-state index in [4.69, 9.17) is 4.42 Å². The molecular formula is C36H34N4O5. The highest BCUT2D eigenvalue weighted by Gasteiger charge is 2.40. The summed E-state index contributed by atoms with van der Waals surface area (Å²) < 4.78 is 5.94. The molecule has 45 heavy (non-hydrogen) atoms. The van der Waals surface area contributed by atoms with Crippen molar-refractivity contribution in [2.24, 2.45) is 5.92 Å². The number of benzene rings is 4. The van der Waals surface area contributed by atoms with Crippen LogP contribution in [0.15, 0.2) is 95.4 Å². The van der Waals surface area contributed by atoms with Crippen LogP contribution in [0.2, 0.25) is 0 Å². The van der Waals surface area contributed by atoms with Gasteiger partial charge in [-0.3, -0.25) is 14.4 Å². The quantitative estimate of drug-likeness (QED) is 0.169. The minimum atomic E-state index is -0.923. The number of nitrogens with one attached hydrogen (secondary N) is 2. The molecule has 2 heterocycles. The largest absolute Gasteiger partial charge is 0.481 e. The van der Waals surface area contributed by atoms with Crippen molar-refractivity contribution >= 4 is 46.1 Å². The molecule has 1 fully saturated rings. The van der Waals surface area contributed by atoms with Gasteiger partial charge in [0.05, 0.1) is 12.5 Å². The predicted octanol–water partition coefficient (Wildman–Crippen LogP) is 6.35. The number of carboxylic acid groups (broad SMARTS) is 1. The van der Waals surface area contributed by atoms with Crippen LogP contribution in [-0.2, 0) is 16.0 Å². The Kier molecular flexibility index (Phi) is 8.33. The van der Waals surface area contributed by atoms with E-state index in [1.54, 1.807) is 29.2 Å². The molecule has 1 aliphatic rings. The molecule has 0 aliphatic carbocycles. The van der Waals surface area contributed by atoms with Crippen molar-refractivity contribution in [3.63, 3.8) is 0 Å². The van der Waals surface area contributed by atoms with Gasteiger partial charge in [0.15, 0.2) is 11.4 Å². The third-order valence-electron chi connectivity index (χ3n) is 8.34. The van der Waals surface area contributed by atoms with Crippen LogP contribution in [0.5, 0.6) is 0 Å². The molecule has 5 aromatic rings. The molecule has 9 heteroatoms. The van der Waals surface area contributed by atoms with Crippen LogP contribution in [0.25, 0.3) is 11.1 Å². The molecule has 9 nitrogen and oxygen atoms in total. The normalized spacial score (nSPS) is 16.1. The standard InChI is InChI=1S/C36H34N4O5/c1-22-7-6-8-23(2)33(22)39-36-38-31-16-11-24(18-32(31)45-36)17-28(41)19-37-27-14-12-25(13-15-27)29-20-40(21-30(29)35(43)44)34(42)26-9-4-3-5-10-26/h3-16,18,29-30,37H,17,19-21H2,1-2H3,(H,38,39)(H,43,44). The third kappa shape index (κ3) is 6.57. The Bertz CT molecular complexity index is 1850. The fourth-order valence-corrected chi connectivity index (χ4v) is 5.91. The molecule has 1 amide bonds. The molecule has 3 N–H and O–H groups in total. The predicted molar refractivity (Wildman–Crippen MR) is 173 cm³/mol. The van der Waals surface area contributed by atoms with Gasteiger partial charge < -0.3 is 25.1 Å². The highest BCUT2D eigenvalue weighted by atomic mass is 16.4. The number of fused-ring (bicyclic) bond motifs is 1. The van der Waals surface area contributed by atoms with Crippen molar-refractivity contribution in [3.8, 4) is 0 Å². The average Bonchev–Trinajstić information content (AvgIpc) is 3.67. The van der Waals surface area contributed by atoms with Crippen LogP contribution >= 0.6 is 0 Å². The molecule has 0 spiro atoms. The SMILES string of the molecule is Cc1cccc(C)c1Nc1nc2ccc(CC(=O)CNc3ccc(C4CN(C(=O)c5ccccc5)CC4C(=O)O)cc3)cc2o1. The fourth-order valence-electron chi connectivity index (χ4n) is 5.91. The summed E-state index contributed by atoms with van der Waals surface area (Å²) in [4.78, 5) is 44.0. The summed E-state index contributed by atoms with van der Waals surface area (Å²) in [6, 6.07) is 28.4. The second kappa shape index (κ2) is 12.7. The number of carboxylic acids is 1. The number of likely N-dealkylation sites (tertiary alicyclic amines) is 1. The number of rotatable bonds is 10. The van der Waals surface area contributed by atoms with Crippen LogP contribution in [0.3, 0.4) is 0 Å². The van der Waals surface area contributed by atoms with Crippen LogP contribution in [-0.4, -0.2) is 52.3 Å². The highest BCUT2D eigenvalue weighted by Crippen LogP contribution is 2.34. The number of anilines is 3. The lowest BCUT2D eigenvalue weighted by molar-refractivity contribution is -0.141. The van der Waals surface area contributed by atoms with E-state index in [1.165, 1.54) is 0 Å². The lowest BCUT2D eigenvalue weighted by Crippen LogP contribution is -2.29. The Balaban J connectivity index is 1.05. The lowest BCUT2D eigenvalue weighted by atomic mass is 9.89. The van der Waals surface area contributed by atoms with Crippen molar-refractivity contribution < 1.29 is 23.9 Å². The molecule has 6 rings (SSSR count). The van der Waals surface area contributed by atoms with Gasteiger partial charge in [-0.2, -0.15) is 4.98 Å². The molecule has 2 unspecified atom stereocenters. The molecule has 0 radical (unpaired) electrons. The van der Waals surface area contributed by atoms with Crippen LogP contribution in [0, 0.1) is 19.8 Å². The molecule has 1 aliphatic heterocycles. The molecule has 228 valence electrons. The van der Waals surface area contributed by atoms with Crippen molar-refractivity contribution in [2.45, 2.75) is 26.2 Å². The molecule has 2 atom stereocenters. The summed E-state index contributed by atoms with van der Waals surface area (Å²) in [5.41, 5.74) is 7.43. The number of aromatic nitrogens is 1. The first kappa shape index (κ1) is 29.6. The van der Waals surface area contributed by atoms with Crippen molar-refractivity contribution in [2.75, 3.05) is 30.3 Å². The smallest absolute Gasteiger partial charge is 0.308 e. The van der Waals surface area contributed by atoms with E-state index in [0.29, 0.717) is 29.2 Å². The summed E-state index contributed by atoms with van der Waals surface area (Å²) in [7, 11) is 0. The molecule has 0 bridgehead atoms. The Hall–Kier alpha value is -5.44. The summed E-state index contributed by atoms with van der Waals surface area (Å²) in [6.45, 7) is 4.67. The summed E-state index contributed by atoms with van der Waals surface area (Å²) in [6.07, 6.45) is 0.231. The van der Waals surface area contributed by atoms with Gasteiger partial charge in [0.1, 0.15) is 5.52 Å². The van der Waals surface area contributed by atoms with Gasteiger partial charge in [-0.15, -0.1) is 0 Å². The second-order valence-corrected chi connectivity index (χ2v) is 11.5. The Morgan fingerprint density at radius 2 is 1.64 bits per heavy atom. The molecule has 0 saturated carbocycles. The van der Waals surface area contributed by atoms with E-state index >= 15 is 0 Å². The van der Waals surface area contributed by atoms with Gasteiger partial charge in [0.25, 0.3) is 11.9 Å². The average molecular weight is 603 g/mol. The van der Waals surface area contributed by atoms with Crippen molar-refractivity contribution in [1.29, 1.82) is 0 Å². The van der Waals surface area contributed by atoms with Crippen LogP contribution < -0.4 is 10.6 Å². The van der Waals surface area contributed by atoms with E-state index in [-0.39, 0.29) is 37.1 Å². The van der Waals surface area contributed by atoms with Gasteiger partial charge in [-0.05, 0) is 72.5 Å². The number of nitrogens with zero attached hydrogens (tertiary/aromatic N) is 2. The number of Topliss-reactive ketones (excluding diaryl/α,β-unsaturated/α-hetero) is 1. The summed E-state index contributed by atoms with van der Waals surface area (Å²) >= 11 is 0. The summed E-state index contributed by atoms with van der Waals surface area (Å²) in [5.74, 6) is -2.11. The molecule has 4 aromatic carbocycles. The Morgan fingerprint density at radius 3 is 2.36 bits per heavy atom.